The molecule has 0 N–H and O–H groups in total. The SMILES string of the molecule is Cc1c(C(=O)c2cccc(F)c2)c2ccccc2n1CCN1CCOCC1. The number of ether oxygens (including phenoxy) is 1. The second kappa shape index (κ2) is 7.62. The van der Waals surface area contributed by atoms with Crippen LogP contribution in [0.3, 0.4) is 0 Å². The minimum absolute atomic E-state index is 0.131. The molecule has 1 aliphatic rings. The van der Waals surface area contributed by atoms with Gasteiger partial charge < -0.3 is 9.30 Å². The predicted molar refractivity (Wildman–Crippen MR) is 104 cm³/mol. The van der Waals surface area contributed by atoms with Crippen LogP contribution in [0.2, 0.25) is 0 Å². The van der Waals surface area contributed by atoms with Gasteiger partial charge >= 0.3 is 0 Å². The van der Waals surface area contributed by atoms with E-state index in [9.17, 15) is 9.18 Å². The average molecular weight is 366 g/mol. The molecule has 2 aromatic carbocycles. The number of rotatable bonds is 5. The number of carbonyl (C=O) groups excluding carboxylic acids is 1. The molecule has 5 heteroatoms. The molecule has 140 valence electrons. The van der Waals surface area contributed by atoms with Gasteiger partial charge in [0.2, 0.25) is 0 Å². The quantitative estimate of drug-likeness (QED) is 0.647. The Morgan fingerprint density at radius 2 is 1.85 bits per heavy atom. The Kier molecular flexibility index (Phi) is 5.05. The molecule has 4 rings (SSSR count). The van der Waals surface area contributed by atoms with Crippen molar-refractivity contribution >= 4 is 16.7 Å². The van der Waals surface area contributed by atoms with Crippen molar-refractivity contribution in [3.05, 3.63) is 71.2 Å². The molecule has 1 fully saturated rings. The van der Waals surface area contributed by atoms with E-state index in [1.165, 1.54) is 12.1 Å². The lowest BCUT2D eigenvalue weighted by molar-refractivity contribution is 0.0365. The third-order valence-corrected chi connectivity index (χ3v) is 5.29. The summed E-state index contributed by atoms with van der Waals surface area (Å²) in [5.41, 5.74) is 3.02. The third kappa shape index (κ3) is 3.53. The molecule has 1 saturated heterocycles. The fraction of sp³-hybridized carbons (Fsp3) is 0.318. The predicted octanol–water partition coefficient (Wildman–Crippen LogP) is 3.65. The van der Waals surface area contributed by atoms with Gasteiger partial charge in [0.05, 0.1) is 18.8 Å². The van der Waals surface area contributed by atoms with E-state index in [2.05, 4.69) is 9.47 Å². The number of nitrogens with zero attached hydrogens (tertiary/aromatic N) is 2. The van der Waals surface area contributed by atoms with Crippen LogP contribution in [0.1, 0.15) is 21.6 Å². The molecule has 1 aromatic heterocycles. The van der Waals surface area contributed by atoms with Crippen LogP contribution in [0.5, 0.6) is 0 Å². The van der Waals surface area contributed by atoms with Crippen molar-refractivity contribution in [2.75, 3.05) is 32.8 Å². The number of para-hydroxylation sites is 1. The van der Waals surface area contributed by atoms with Crippen molar-refractivity contribution in [3.8, 4) is 0 Å². The second-order valence-corrected chi connectivity index (χ2v) is 6.92. The van der Waals surface area contributed by atoms with Gasteiger partial charge in [0.1, 0.15) is 5.82 Å². The Balaban J connectivity index is 1.71. The zero-order valence-electron chi connectivity index (χ0n) is 15.5. The molecule has 0 spiro atoms. The summed E-state index contributed by atoms with van der Waals surface area (Å²) >= 11 is 0. The Morgan fingerprint density at radius 3 is 2.63 bits per heavy atom. The number of fused-ring (bicyclic) bond motifs is 1. The highest BCUT2D eigenvalue weighted by Gasteiger charge is 2.21. The van der Waals surface area contributed by atoms with Crippen LogP contribution in [0.15, 0.2) is 48.5 Å². The van der Waals surface area contributed by atoms with Crippen molar-refractivity contribution in [1.29, 1.82) is 0 Å². The minimum Gasteiger partial charge on any atom is -0.379 e. The first kappa shape index (κ1) is 17.9. The second-order valence-electron chi connectivity index (χ2n) is 6.92. The van der Waals surface area contributed by atoms with Crippen molar-refractivity contribution in [1.82, 2.24) is 9.47 Å². The Morgan fingerprint density at radius 1 is 1.07 bits per heavy atom. The normalized spacial score (nSPS) is 15.3. The van der Waals surface area contributed by atoms with E-state index in [1.54, 1.807) is 12.1 Å². The maximum absolute atomic E-state index is 13.6. The van der Waals surface area contributed by atoms with E-state index >= 15 is 0 Å². The van der Waals surface area contributed by atoms with Crippen LogP contribution in [0.25, 0.3) is 10.9 Å². The first-order valence-corrected chi connectivity index (χ1v) is 9.33. The van der Waals surface area contributed by atoms with E-state index in [0.717, 1.165) is 56.0 Å². The van der Waals surface area contributed by atoms with Crippen LogP contribution in [0.4, 0.5) is 4.39 Å². The summed E-state index contributed by atoms with van der Waals surface area (Å²) in [5.74, 6) is -0.525. The van der Waals surface area contributed by atoms with Crippen LogP contribution in [-0.2, 0) is 11.3 Å². The molecule has 0 unspecified atom stereocenters. The number of hydrogen-bond donors (Lipinski definition) is 0. The molecule has 0 aliphatic carbocycles. The number of halogens is 1. The zero-order valence-corrected chi connectivity index (χ0v) is 15.5. The van der Waals surface area contributed by atoms with E-state index in [4.69, 9.17) is 4.74 Å². The molecule has 0 bridgehead atoms. The van der Waals surface area contributed by atoms with Gasteiger partial charge in [-0.3, -0.25) is 9.69 Å². The summed E-state index contributed by atoms with van der Waals surface area (Å²) in [5, 5.41) is 0.922. The first-order valence-electron chi connectivity index (χ1n) is 9.33. The summed E-state index contributed by atoms with van der Waals surface area (Å²) in [6.07, 6.45) is 0. The van der Waals surface area contributed by atoms with Gasteiger partial charge in [0, 0.05) is 48.3 Å². The van der Waals surface area contributed by atoms with Gasteiger partial charge in [0.25, 0.3) is 0 Å². The van der Waals surface area contributed by atoms with E-state index < -0.39 is 5.82 Å². The van der Waals surface area contributed by atoms with Crippen molar-refractivity contribution < 1.29 is 13.9 Å². The number of benzene rings is 2. The fourth-order valence-electron chi connectivity index (χ4n) is 3.85. The topological polar surface area (TPSA) is 34.5 Å². The monoisotopic (exact) mass is 366 g/mol. The Bertz CT molecular complexity index is 974. The molecule has 3 aromatic rings. The smallest absolute Gasteiger partial charge is 0.195 e. The molecule has 0 radical (unpaired) electrons. The number of ketones is 1. The molecule has 0 atom stereocenters. The summed E-state index contributed by atoms with van der Waals surface area (Å²) in [4.78, 5) is 15.5. The molecule has 4 nitrogen and oxygen atoms in total. The maximum atomic E-state index is 13.6. The highest BCUT2D eigenvalue weighted by molar-refractivity contribution is 6.17. The molecule has 2 heterocycles. The van der Waals surface area contributed by atoms with Gasteiger partial charge in [-0.05, 0) is 25.1 Å². The van der Waals surface area contributed by atoms with Gasteiger partial charge in [-0.25, -0.2) is 4.39 Å². The summed E-state index contributed by atoms with van der Waals surface area (Å²) < 4.78 is 21.2. The van der Waals surface area contributed by atoms with Gasteiger partial charge in [-0.15, -0.1) is 0 Å². The van der Waals surface area contributed by atoms with Crippen molar-refractivity contribution in [2.24, 2.45) is 0 Å². The summed E-state index contributed by atoms with van der Waals surface area (Å²) in [7, 11) is 0. The van der Waals surface area contributed by atoms with Gasteiger partial charge in [0.15, 0.2) is 5.78 Å². The molecular formula is C22H23FN2O2. The molecule has 0 saturated carbocycles. The van der Waals surface area contributed by atoms with E-state index in [-0.39, 0.29) is 5.78 Å². The lowest BCUT2D eigenvalue weighted by atomic mass is 10.0. The van der Waals surface area contributed by atoms with E-state index in [0.29, 0.717) is 11.1 Å². The highest BCUT2D eigenvalue weighted by Crippen LogP contribution is 2.28. The fourth-order valence-corrected chi connectivity index (χ4v) is 3.85. The lowest BCUT2D eigenvalue weighted by Gasteiger charge is -2.27. The molecular weight excluding hydrogens is 343 g/mol. The van der Waals surface area contributed by atoms with Gasteiger partial charge in [-0.1, -0.05) is 30.3 Å². The number of carbonyl (C=O) groups is 1. The Hall–Kier alpha value is -2.50. The maximum Gasteiger partial charge on any atom is 0.195 e. The van der Waals surface area contributed by atoms with Crippen molar-refractivity contribution in [2.45, 2.75) is 13.5 Å². The summed E-state index contributed by atoms with van der Waals surface area (Å²) in [6.45, 7) is 7.12. The van der Waals surface area contributed by atoms with Crippen LogP contribution < -0.4 is 0 Å². The third-order valence-electron chi connectivity index (χ3n) is 5.29. The molecule has 0 amide bonds. The van der Waals surface area contributed by atoms with Crippen LogP contribution >= 0.6 is 0 Å². The molecule has 27 heavy (non-hydrogen) atoms. The highest BCUT2D eigenvalue weighted by atomic mass is 19.1. The van der Waals surface area contributed by atoms with Crippen LogP contribution in [0, 0.1) is 12.7 Å². The largest absolute Gasteiger partial charge is 0.379 e. The number of aromatic nitrogens is 1. The average Bonchev–Trinajstić information content (AvgIpc) is 2.98. The van der Waals surface area contributed by atoms with E-state index in [1.807, 2.05) is 31.2 Å². The standard InChI is InChI=1S/C22H23FN2O2/c1-16-21(22(26)17-5-4-6-18(23)15-17)19-7-2-3-8-20(19)25(16)10-9-24-11-13-27-14-12-24/h2-8,15H,9-14H2,1H3. The lowest BCUT2D eigenvalue weighted by Crippen LogP contribution is -2.38. The molecule has 1 aliphatic heterocycles. The summed E-state index contributed by atoms with van der Waals surface area (Å²) in [6, 6.07) is 13.9. The zero-order chi connectivity index (χ0) is 18.8. The first-order chi connectivity index (χ1) is 13.1. The number of hydrogen-bond acceptors (Lipinski definition) is 3. The Labute approximate surface area is 158 Å². The van der Waals surface area contributed by atoms with Crippen LogP contribution in [-0.4, -0.2) is 48.1 Å². The van der Waals surface area contributed by atoms with Crippen molar-refractivity contribution in [3.63, 3.8) is 0 Å². The minimum atomic E-state index is -0.394. The van der Waals surface area contributed by atoms with Gasteiger partial charge in [-0.2, -0.15) is 0 Å². The number of morpholine rings is 1.